The summed E-state index contributed by atoms with van der Waals surface area (Å²) < 4.78 is 1.25. The molecule has 1 heterocycles. The number of nitrogens with zero attached hydrogens (tertiary/aromatic N) is 4. The molecule has 112 valence electrons. The monoisotopic (exact) mass is 298 g/mol. The van der Waals surface area contributed by atoms with Gasteiger partial charge in [0.2, 0.25) is 11.7 Å². The van der Waals surface area contributed by atoms with Crippen molar-refractivity contribution < 1.29 is 9.59 Å². The van der Waals surface area contributed by atoms with Crippen LogP contribution in [0.5, 0.6) is 0 Å². The Kier molecular flexibility index (Phi) is 4.48. The second kappa shape index (κ2) is 6.49. The Morgan fingerprint density at radius 1 is 1.36 bits per heavy atom. The van der Waals surface area contributed by atoms with Crippen LogP contribution in [-0.2, 0) is 11.3 Å². The van der Waals surface area contributed by atoms with E-state index in [0.717, 1.165) is 11.1 Å². The zero-order valence-corrected chi connectivity index (χ0v) is 12.1. The molecule has 0 saturated carbocycles. The third kappa shape index (κ3) is 3.67. The summed E-state index contributed by atoms with van der Waals surface area (Å²) in [6, 6.07) is 6.71. The van der Waals surface area contributed by atoms with Gasteiger partial charge in [-0.3, -0.25) is 14.7 Å². The predicted molar refractivity (Wildman–Crippen MR) is 77.8 cm³/mol. The second-order valence-electron chi connectivity index (χ2n) is 4.71. The molecule has 1 aromatic heterocycles. The number of nitriles is 1. The summed E-state index contributed by atoms with van der Waals surface area (Å²) in [5, 5.41) is 20.6. The molecule has 0 aliphatic carbocycles. The molecule has 0 bridgehead atoms. The highest BCUT2D eigenvalue weighted by Crippen LogP contribution is 2.15. The Bertz CT molecular complexity index is 759. The van der Waals surface area contributed by atoms with Crippen LogP contribution in [-0.4, -0.2) is 26.7 Å². The van der Waals surface area contributed by atoms with E-state index in [-0.39, 0.29) is 12.4 Å². The highest BCUT2D eigenvalue weighted by Gasteiger charge is 2.12. The molecular formula is C14H14N6O2. The molecule has 0 radical (unpaired) electrons. The van der Waals surface area contributed by atoms with Gasteiger partial charge in [0.1, 0.15) is 18.9 Å². The number of rotatable bonds is 3. The van der Waals surface area contributed by atoms with E-state index >= 15 is 0 Å². The first-order chi connectivity index (χ1) is 10.5. The molecule has 3 amide bonds. The molecule has 0 unspecified atom stereocenters. The zero-order chi connectivity index (χ0) is 16.1. The smallest absolute Gasteiger partial charge is 0.307 e. The number of amides is 3. The standard InChI is InChI=1S/C14H14N6O2/c1-9-3-4-11(10(2)5-9)17-14(22)18-13(21)7-20-8-16-19-12(20)6-15/h3-5,8H,7H2,1-2H3,(H2,17,18,21,22). The van der Waals surface area contributed by atoms with Crippen molar-refractivity contribution >= 4 is 17.6 Å². The summed E-state index contributed by atoms with van der Waals surface area (Å²) in [4.78, 5) is 23.6. The molecular weight excluding hydrogens is 284 g/mol. The first kappa shape index (κ1) is 15.2. The van der Waals surface area contributed by atoms with E-state index in [1.165, 1.54) is 10.9 Å². The summed E-state index contributed by atoms with van der Waals surface area (Å²) >= 11 is 0. The molecule has 2 rings (SSSR count). The molecule has 8 heteroatoms. The molecule has 0 atom stereocenters. The Morgan fingerprint density at radius 3 is 2.82 bits per heavy atom. The van der Waals surface area contributed by atoms with Crippen LogP contribution in [0.15, 0.2) is 24.5 Å². The molecule has 8 nitrogen and oxygen atoms in total. The Balaban J connectivity index is 1.94. The van der Waals surface area contributed by atoms with E-state index in [1.807, 2.05) is 26.0 Å². The van der Waals surface area contributed by atoms with Crippen LogP contribution < -0.4 is 10.6 Å². The number of aryl methyl sites for hydroxylation is 2. The van der Waals surface area contributed by atoms with Gasteiger partial charge in [0, 0.05) is 5.69 Å². The fraction of sp³-hybridized carbons (Fsp3) is 0.214. The average Bonchev–Trinajstić information content (AvgIpc) is 2.88. The van der Waals surface area contributed by atoms with Gasteiger partial charge in [-0.2, -0.15) is 5.26 Å². The summed E-state index contributed by atoms with van der Waals surface area (Å²) in [5.74, 6) is -0.566. The number of aromatic nitrogens is 3. The van der Waals surface area contributed by atoms with E-state index < -0.39 is 11.9 Å². The lowest BCUT2D eigenvalue weighted by Gasteiger charge is -2.10. The predicted octanol–water partition coefficient (Wildman–Crippen LogP) is 1.11. The maximum Gasteiger partial charge on any atom is 0.325 e. The molecule has 0 aliphatic heterocycles. The van der Waals surface area contributed by atoms with Crippen LogP contribution in [0.3, 0.4) is 0 Å². The number of carbonyl (C=O) groups is 2. The lowest BCUT2D eigenvalue weighted by atomic mass is 10.1. The van der Waals surface area contributed by atoms with Crippen molar-refractivity contribution in [3.05, 3.63) is 41.5 Å². The molecule has 22 heavy (non-hydrogen) atoms. The largest absolute Gasteiger partial charge is 0.325 e. The minimum atomic E-state index is -0.636. The maximum atomic E-state index is 11.8. The number of carbonyl (C=O) groups excluding carboxylic acids is 2. The first-order valence-corrected chi connectivity index (χ1v) is 6.45. The number of hydrogen-bond acceptors (Lipinski definition) is 5. The van der Waals surface area contributed by atoms with Crippen molar-refractivity contribution in [2.45, 2.75) is 20.4 Å². The van der Waals surface area contributed by atoms with Gasteiger partial charge in [0.05, 0.1) is 0 Å². The van der Waals surface area contributed by atoms with Gasteiger partial charge >= 0.3 is 6.03 Å². The molecule has 0 fully saturated rings. The van der Waals surface area contributed by atoms with E-state index in [1.54, 1.807) is 12.1 Å². The van der Waals surface area contributed by atoms with Gasteiger partial charge in [-0.25, -0.2) is 4.79 Å². The molecule has 0 spiro atoms. The van der Waals surface area contributed by atoms with Crippen LogP contribution in [0, 0.1) is 25.2 Å². The van der Waals surface area contributed by atoms with Crippen molar-refractivity contribution in [3.8, 4) is 6.07 Å². The molecule has 1 aromatic carbocycles. The van der Waals surface area contributed by atoms with Gasteiger partial charge in [-0.1, -0.05) is 17.7 Å². The minimum Gasteiger partial charge on any atom is -0.307 e. The van der Waals surface area contributed by atoms with Crippen molar-refractivity contribution in [3.63, 3.8) is 0 Å². The molecule has 0 saturated heterocycles. The highest BCUT2D eigenvalue weighted by atomic mass is 16.2. The van der Waals surface area contributed by atoms with E-state index in [4.69, 9.17) is 5.26 Å². The topological polar surface area (TPSA) is 113 Å². The Labute approximate surface area is 126 Å². The van der Waals surface area contributed by atoms with Crippen LogP contribution in [0.25, 0.3) is 0 Å². The van der Waals surface area contributed by atoms with Gasteiger partial charge in [0.15, 0.2) is 0 Å². The zero-order valence-electron chi connectivity index (χ0n) is 12.1. The number of hydrogen-bond donors (Lipinski definition) is 2. The van der Waals surface area contributed by atoms with Crippen LogP contribution in [0.2, 0.25) is 0 Å². The summed E-state index contributed by atoms with van der Waals surface area (Å²) in [5.41, 5.74) is 2.60. The van der Waals surface area contributed by atoms with Crippen molar-refractivity contribution in [2.24, 2.45) is 0 Å². The van der Waals surface area contributed by atoms with Crippen molar-refractivity contribution in [2.75, 3.05) is 5.32 Å². The number of benzene rings is 1. The third-order valence-corrected chi connectivity index (χ3v) is 2.91. The normalized spacial score (nSPS) is 9.86. The van der Waals surface area contributed by atoms with Crippen LogP contribution in [0.1, 0.15) is 17.0 Å². The SMILES string of the molecule is Cc1ccc(NC(=O)NC(=O)Cn2cnnc2C#N)c(C)c1. The number of anilines is 1. The number of imide groups is 1. The van der Waals surface area contributed by atoms with Gasteiger partial charge < -0.3 is 5.32 Å². The quantitative estimate of drug-likeness (QED) is 0.881. The molecule has 2 aromatic rings. The Hall–Kier alpha value is -3.21. The van der Waals surface area contributed by atoms with E-state index in [0.29, 0.717) is 5.69 Å². The molecule has 2 N–H and O–H groups in total. The number of nitrogens with one attached hydrogen (secondary N) is 2. The van der Waals surface area contributed by atoms with E-state index in [2.05, 4.69) is 20.8 Å². The summed E-state index contributed by atoms with van der Waals surface area (Å²) in [6.45, 7) is 3.60. The third-order valence-electron chi connectivity index (χ3n) is 2.91. The van der Waals surface area contributed by atoms with Crippen LogP contribution >= 0.6 is 0 Å². The first-order valence-electron chi connectivity index (χ1n) is 6.45. The van der Waals surface area contributed by atoms with Gasteiger partial charge in [-0.05, 0) is 25.5 Å². The van der Waals surface area contributed by atoms with Crippen molar-refractivity contribution in [1.82, 2.24) is 20.1 Å². The second-order valence-corrected chi connectivity index (χ2v) is 4.71. The van der Waals surface area contributed by atoms with Gasteiger partial charge in [-0.15, -0.1) is 10.2 Å². The fourth-order valence-corrected chi connectivity index (χ4v) is 1.89. The average molecular weight is 298 g/mol. The maximum absolute atomic E-state index is 11.8. The molecule has 0 aliphatic rings. The minimum absolute atomic E-state index is 0.00457. The summed E-state index contributed by atoms with van der Waals surface area (Å²) in [7, 11) is 0. The van der Waals surface area contributed by atoms with Crippen molar-refractivity contribution in [1.29, 1.82) is 5.26 Å². The van der Waals surface area contributed by atoms with Crippen LogP contribution in [0.4, 0.5) is 10.5 Å². The Morgan fingerprint density at radius 2 is 2.14 bits per heavy atom. The lowest BCUT2D eigenvalue weighted by molar-refractivity contribution is -0.120. The number of urea groups is 1. The lowest BCUT2D eigenvalue weighted by Crippen LogP contribution is -2.36. The fourth-order valence-electron chi connectivity index (χ4n) is 1.89. The highest BCUT2D eigenvalue weighted by molar-refractivity contribution is 6.01. The van der Waals surface area contributed by atoms with E-state index in [9.17, 15) is 9.59 Å². The summed E-state index contributed by atoms with van der Waals surface area (Å²) in [6.07, 6.45) is 1.25. The van der Waals surface area contributed by atoms with Gasteiger partial charge in [0.25, 0.3) is 0 Å².